The smallest absolute Gasteiger partial charge is 0.252 e. The van der Waals surface area contributed by atoms with Gasteiger partial charge < -0.3 is 30.0 Å². The molecule has 0 unspecified atom stereocenters. The van der Waals surface area contributed by atoms with Gasteiger partial charge in [-0.05, 0) is 90.9 Å². The van der Waals surface area contributed by atoms with E-state index in [1.165, 1.54) is 6.20 Å². The number of hydrogen-bond acceptors (Lipinski definition) is 8. The lowest BCUT2D eigenvalue weighted by Gasteiger charge is -2.36. The molecule has 5 aromatic rings. The summed E-state index contributed by atoms with van der Waals surface area (Å²) in [5.74, 6) is 1.21. The van der Waals surface area contributed by atoms with Crippen LogP contribution in [0.1, 0.15) is 88.8 Å². The predicted octanol–water partition coefficient (Wildman–Crippen LogP) is 7.74. The normalized spacial score (nSPS) is 11.2. The van der Waals surface area contributed by atoms with E-state index in [0.29, 0.717) is 42.2 Å². The molecule has 2 heterocycles. The Morgan fingerprint density at radius 1 is 0.564 bits per heavy atom. The molecule has 0 aliphatic rings. The van der Waals surface area contributed by atoms with Crippen LogP contribution in [0.15, 0.2) is 116 Å². The van der Waals surface area contributed by atoms with Crippen molar-refractivity contribution < 1.29 is 28.9 Å². The second-order valence-corrected chi connectivity index (χ2v) is 13.3. The van der Waals surface area contributed by atoms with Crippen molar-refractivity contribution in [3.05, 3.63) is 143 Å². The number of aromatic nitrogens is 2. The van der Waals surface area contributed by atoms with Crippen LogP contribution in [0.25, 0.3) is 11.4 Å². The number of unbranched alkanes of at least 4 members (excludes halogenated alkanes) is 6. The predicted molar refractivity (Wildman–Crippen MR) is 214 cm³/mol. The minimum absolute atomic E-state index is 0.172. The Balaban J connectivity index is 1.09. The molecule has 3 N–H and O–H groups in total. The SMILES string of the molecule is COc1ccc(C(OCCCCCCNC(=O)c2ccc(-c3ccc(C(=O)NCCCCCCO)cn3)nc2)(c2ccccc2)c2ccc(OC)cc2)cc1. The summed E-state index contributed by atoms with van der Waals surface area (Å²) in [6.07, 6.45) is 10.2. The molecule has 10 heteroatoms. The van der Waals surface area contributed by atoms with E-state index in [-0.39, 0.29) is 18.4 Å². The number of rotatable bonds is 22. The molecule has 2 amide bonds. The van der Waals surface area contributed by atoms with E-state index in [9.17, 15) is 9.59 Å². The highest BCUT2D eigenvalue weighted by Crippen LogP contribution is 2.41. The molecule has 0 radical (unpaired) electrons. The summed E-state index contributed by atoms with van der Waals surface area (Å²) in [6, 6.07) is 33.3. The molecule has 288 valence electrons. The van der Waals surface area contributed by atoms with Gasteiger partial charge in [0, 0.05) is 38.7 Å². The number of carbonyl (C=O) groups is 2. The van der Waals surface area contributed by atoms with Gasteiger partial charge >= 0.3 is 0 Å². The monoisotopic (exact) mass is 744 g/mol. The lowest BCUT2D eigenvalue weighted by Crippen LogP contribution is -2.33. The van der Waals surface area contributed by atoms with E-state index in [1.54, 1.807) is 44.7 Å². The third-order valence-electron chi connectivity index (χ3n) is 9.53. The van der Waals surface area contributed by atoms with Crippen molar-refractivity contribution in [3.8, 4) is 22.9 Å². The average molecular weight is 745 g/mol. The van der Waals surface area contributed by atoms with Crippen LogP contribution in [0, 0.1) is 0 Å². The number of amides is 2. The molecule has 10 nitrogen and oxygen atoms in total. The molecule has 0 saturated heterocycles. The van der Waals surface area contributed by atoms with Crippen LogP contribution in [0.4, 0.5) is 0 Å². The summed E-state index contributed by atoms with van der Waals surface area (Å²) in [4.78, 5) is 34.1. The van der Waals surface area contributed by atoms with Crippen molar-refractivity contribution in [2.75, 3.05) is 40.5 Å². The zero-order valence-electron chi connectivity index (χ0n) is 31.8. The first kappa shape index (κ1) is 40.6. The number of hydrogen-bond donors (Lipinski definition) is 3. The third kappa shape index (κ3) is 11.2. The standard InChI is InChI=1S/C45H52N4O6/c1-53-39-22-18-37(19-23-39)45(36-14-8-7-9-15-36,38-20-24-40(54-2)25-21-38)55-31-13-6-4-11-29-47-44(52)35-17-27-42(49-33-35)41-26-16-34(32-48-41)43(51)46-28-10-3-5-12-30-50/h7-9,14-27,32-33,50H,3-6,10-13,28-31H2,1-2H3,(H,46,51)(H,47,52). The Morgan fingerprint density at radius 3 is 1.45 bits per heavy atom. The van der Waals surface area contributed by atoms with Crippen LogP contribution in [-0.4, -0.2) is 67.4 Å². The highest BCUT2D eigenvalue weighted by molar-refractivity contribution is 5.94. The second kappa shape index (κ2) is 21.3. The Hall–Kier alpha value is -5.58. The molecule has 0 bridgehead atoms. The van der Waals surface area contributed by atoms with Gasteiger partial charge in [-0.1, -0.05) is 80.3 Å². The number of methoxy groups -OCH3 is 2. The van der Waals surface area contributed by atoms with Gasteiger partial charge in [-0.3, -0.25) is 19.6 Å². The van der Waals surface area contributed by atoms with Crippen LogP contribution in [-0.2, 0) is 10.3 Å². The van der Waals surface area contributed by atoms with E-state index in [0.717, 1.165) is 79.6 Å². The molecular formula is C45H52N4O6. The fraction of sp³-hybridized carbons (Fsp3) is 0.333. The summed E-state index contributed by atoms with van der Waals surface area (Å²) in [6.45, 7) is 1.88. The topological polar surface area (TPSA) is 132 Å². The summed E-state index contributed by atoms with van der Waals surface area (Å²) in [5, 5.41) is 14.8. The van der Waals surface area contributed by atoms with Crippen LogP contribution < -0.4 is 20.1 Å². The van der Waals surface area contributed by atoms with Gasteiger partial charge in [-0.15, -0.1) is 0 Å². The summed E-state index contributed by atoms with van der Waals surface area (Å²) < 4.78 is 17.8. The molecule has 0 aliphatic carbocycles. The molecule has 2 aromatic heterocycles. The number of nitrogens with zero attached hydrogens (tertiary/aromatic N) is 2. The Bertz CT molecular complexity index is 1840. The van der Waals surface area contributed by atoms with Crippen LogP contribution in [0.3, 0.4) is 0 Å². The summed E-state index contributed by atoms with van der Waals surface area (Å²) in [7, 11) is 3.33. The zero-order valence-corrected chi connectivity index (χ0v) is 31.8. The molecule has 0 saturated carbocycles. The van der Waals surface area contributed by atoms with Crippen LogP contribution in [0.2, 0.25) is 0 Å². The molecule has 0 aliphatic heterocycles. The second-order valence-electron chi connectivity index (χ2n) is 13.3. The van der Waals surface area contributed by atoms with E-state index in [2.05, 4.69) is 57.0 Å². The van der Waals surface area contributed by atoms with E-state index in [1.807, 2.05) is 42.5 Å². The number of carbonyl (C=O) groups excluding carboxylic acids is 2. The lowest BCUT2D eigenvalue weighted by molar-refractivity contribution is 0.0106. The first-order chi connectivity index (χ1) is 27.0. The van der Waals surface area contributed by atoms with Gasteiger partial charge in [0.05, 0.1) is 36.7 Å². The molecule has 0 fully saturated rings. The Kier molecular flexibility index (Phi) is 15.8. The van der Waals surface area contributed by atoms with Gasteiger partial charge in [-0.2, -0.15) is 0 Å². The van der Waals surface area contributed by atoms with Gasteiger partial charge in [0.1, 0.15) is 17.1 Å². The minimum Gasteiger partial charge on any atom is -0.497 e. The van der Waals surface area contributed by atoms with Crippen molar-refractivity contribution in [1.29, 1.82) is 0 Å². The summed E-state index contributed by atoms with van der Waals surface area (Å²) in [5.41, 5.74) is 4.38. The maximum absolute atomic E-state index is 12.8. The maximum atomic E-state index is 12.8. The molecule has 0 atom stereocenters. The average Bonchev–Trinajstić information content (AvgIpc) is 3.25. The minimum atomic E-state index is -0.838. The first-order valence-corrected chi connectivity index (χ1v) is 19.1. The van der Waals surface area contributed by atoms with E-state index < -0.39 is 5.60 Å². The van der Waals surface area contributed by atoms with Gasteiger partial charge in [0.15, 0.2) is 0 Å². The number of aliphatic hydroxyl groups excluding tert-OH is 1. The number of aliphatic hydroxyl groups is 1. The van der Waals surface area contributed by atoms with E-state index in [4.69, 9.17) is 19.3 Å². The number of pyridine rings is 2. The van der Waals surface area contributed by atoms with Gasteiger partial charge in [0.25, 0.3) is 11.8 Å². The largest absolute Gasteiger partial charge is 0.497 e. The van der Waals surface area contributed by atoms with Crippen molar-refractivity contribution >= 4 is 11.8 Å². The Morgan fingerprint density at radius 2 is 1.02 bits per heavy atom. The molecule has 5 rings (SSSR count). The highest BCUT2D eigenvalue weighted by Gasteiger charge is 2.37. The quantitative estimate of drug-likeness (QED) is 0.0485. The van der Waals surface area contributed by atoms with Crippen LogP contribution >= 0.6 is 0 Å². The number of benzene rings is 3. The van der Waals surface area contributed by atoms with Crippen molar-refractivity contribution in [1.82, 2.24) is 20.6 Å². The molecule has 3 aromatic carbocycles. The lowest BCUT2D eigenvalue weighted by atomic mass is 9.80. The van der Waals surface area contributed by atoms with E-state index >= 15 is 0 Å². The van der Waals surface area contributed by atoms with Gasteiger partial charge in [0.2, 0.25) is 0 Å². The summed E-state index contributed by atoms with van der Waals surface area (Å²) >= 11 is 0. The third-order valence-corrected chi connectivity index (χ3v) is 9.53. The molecule has 0 spiro atoms. The van der Waals surface area contributed by atoms with Crippen molar-refractivity contribution in [2.24, 2.45) is 0 Å². The Labute approximate surface area is 324 Å². The molecular weight excluding hydrogens is 693 g/mol. The zero-order chi connectivity index (χ0) is 38.7. The van der Waals surface area contributed by atoms with Crippen LogP contribution in [0.5, 0.6) is 11.5 Å². The first-order valence-electron chi connectivity index (χ1n) is 19.1. The van der Waals surface area contributed by atoms with Gasteiger partial charge in [-0.25, -0.2) is 0 Å². The molecule has 55 heavy (non-hydrogen) atoms. The maximum Gasteiger partial charge on any atom is 0.252 e. The fourth-order valence-electron chi connectivity index (χ4n) is 6.44. The van der Waals surface area contributed by atoms with Crippen molar-refractivity contribution in [2.45, 2.75) is 57.0 Å². The number of nitrogens with one attached hydrogen (secondary N) is 2. The number of ether oxygens (including phenoxy) is 3. The van der Waals surface area contributed by atoms with Crippen molar-refractivity contribution in [3.63, 3.8) is 0 Å². The highest BCUT2D eigenvalue weighted by atomic mass is 16.5. The fourth-order valence-corrected chi connectivity index (χ4v) is 6.44.